The summed E-state index contributed by atoms with van der Waals surface area (Å²) in [5, 5.41) is 0. The van der Waals surface area contributed by atoms with Gasteiger partial charge < -0.3 is 4.74 Å². The van der Waals surface area contributed by atoms with E-state index >= 15 is 0 Å². The average molecular weight is 172 g/mol. The van der Waals surface area contributed by atoms with Gasteiger partial charge in [0, 0.05) is 12.8 Å². The van der Waals surface area contributed by atoms with Crippen LogP contribution in [0.4, 0.5) is 0 Å². The Bertz CT molecular complexity index is 347. The number of hydrogen-bond acceptors (Lipinski definition) is 1. The van der Waals surface area contributed by atoms with E-state index in [9.17, 15) is 0 Å². The maximum Gasteiger partial charge on any atom is 0.125 e. The van der Waals surface area contributed by atoms with Crippen molar-refractivity contribution in [2.45, 2.75) is 19.3 Å². The Morgan fingerprint density at radius 3 is 3.23 bits per heavy atom. The molecule has 0 atom stereocenters. The molecule has 0 aliphatic carbocycles. The smallest absolute Gasteiger partial charge is 0.125 e. The average Bonchev–Trinajstić information content (AvgIpc) is 2.62. The summed E-state index contributed by atoms with van der Waals surface area (Å²) < 4.78 is 5.56. The van der Waals surface area contributed by atoms with Gasteiger partial charge in [0.2, 0.25) is 0 Å². The summed E-state index contributed by atoms with van der Waals surface area (Å²) in [6.07, 6.45) is 7.99. The molecule has 2 rings (SSSR count). The Labute approximate surface area is 78.7 Å². The minimum atomic E-state index is 0.791. The summed E-state index contributed by atoms with van der Waals surface area (Å²) in [7, 11) is 0. The molecule has 0 saturated carbocycles. The fraction of sp³-hybridized carbons (Fsp3) is 0.333. The van der Waals surface area contributed by atoms with Gasteiger partial charge in [-0.2, -0.15) is 0 Å². The van der Waals surface area contributed by atoms with Crippen molar-refractivity contribution in [2.75, 3.05) is 6.61 Å². The van der Waals surface area contributed by atoms with Crippen molar-refractivity contribution in [3.8, 4) is 18.1 Å². The fourth-order valence-corrected chi connectivity index (χ4v) is 1.69. The molecule has 1 aromatic carbocycles. The van der Waals surface area contributed by atoms with Gasteiger partial charge in [0.05, 0.1) is 6.61 Å². The number of terminal acetylenes is 1. The minimum Gasteiger partial charge on any atom is -0.493 e. The minimum absolute atomic E-state index is 0.791. The van der Waals surface area contributed by atoms with Gasteiger partial charge in [-0.25, -0.2) is 0 Å². The number of fused-ring (bicyclic) bond motifs is 1. The standard InChI is InChI=1S/C12H12O/c1-2-3-5-10-6-4-7-11-8-9-13-12(10)11/h1,4,6-7H,3,5,8-9H2. The van der Waals surface area contributed by atoms with E-state index in [0.29, 0.717) is 0 Å². The molecule has 66 valence electrons. The first-order valence-electron chi connectivity index (χ1n) is 4.59. The third kappa shape index (κ3) is 1.53. The van der Waals surface area contributed by atoms with Gasteiger partial charge in [0.25, 0.3) is 0 Å². The summed E-state index contributed by atoms with van der Waals surface area (Å²) in [6.45, 7) is 0.822. The SMILES string of the molecule is C#CCCc1cccc2c1OCC2. The molecular formula is C12H12O. The van der Waals surface area contributed by atoms with Gasteiger partial charge in [0.15, 0.2) is 0 Å². The van der Waals surface area contributed by atoms with Crippen LogP contribution in [0.1, 0.15) is 17.5 Å². The molecule has 1 aliphatic rings. The van der Waals surface area contributed by atoms with Crippen LogP contribution in [-0.4, -0.2) is 6.61 Å². The molecule has 0 aromatic heterocycles. The number of aryl methyl sites for hydroxylation is 1. The number of benzene rings is 1. The van der Waals surface area contributed by atoms with E-state index in [1.165, 1.54) is 11.1 Å². The van der Waals surface area contributed by atoms with Crippen LogP contribution < -0.4 is 4.74 Å². The van der Waals surface area contributed by atoms with E-state index in [1.54, 1.807) is 0 Å². The maximum absolute atomic E-state index is 5.56. The van der Waals surface area contributed by atoms with Crippen LogP contribution in [0, 0.1) is 12.3 Å². The Balaban J connectivity index is 2.26. The van der Waals surface area contributed by atoms with Crippen LogP contribution in [0.2, 0.25) is 0 Å². The Morgan fingerprint density at radius 1 is 1.46 bits per heavy atom. The molecule has 0 radical (unpaired) electrons. The van der Waals surface area contributed by atoms with Gasteiger partial charge in [-0.15, -0.1) is 12.3 Å². The largest absolute Gasteiger partial charge is 0.493 e. The molecule has 1 heteroatoms. The molecular weight excluding hydrogens is 160 g/mol. The zero-order valence-electron chi connectivity index (χ0n) is 7.55. The molecule has 0 fully saturated rings. The highest BCUT2D eigenvalue weighted by atomic mass is 16.5. The van der Waals surface area contributed by atoms with Crippen molar-refractivity contribution in [1.82, 2.24) is 0 Å². The molecule has 0 amide bonds. The van der Waals surface area contributed by atoms with Crippen LogP contribution in [-0.2, 0) is 12.8 Å². The summed E-state index contributed by atoms with van der Waals surface area (Å²) >= 11 is 0. The van der Waals surface area contributed by atoms with Crippen LogP contribution in [0.5, 0.6) is 5.75 Å². The predicted molar refractivity (Wildman–Crippen MR) is 52.8 cm³/mol. The van der Waals surface area contributed by atoms with E-state index < -0.39 is 0 Å². The lowest BCUT2D eigenvalue weighted by atomic mass is 10.0. The second-order valence-electron chi connectivity index (χ2n) is 3.21. The Morgan fingerprint density at radius 2 is 2.38 bits per heavy atom. The molecule has 1 aliphatic heterocycles. The molecule has 13 heavy (non-hydrogen) atoms. The van der Waals surface area contributed by atoms with E-state index in [0.717, 1.165) is 31.6 Å². The Kier molecular flexibility index (Phi) is 2.23. The van der Waals surface area contributed by atoms with Crippen molar-refractivity contribution in [3.05, 3.63) is 29.3 Å². The summed E-state index contributed by atoms with van der Waals surface area (Å²) in [4.78, 5) is 0. The lowest BCUT2D eigenvalue weighted by molar-refractivity contribution is 0.353. The van der Waals surface area contributed by atoms with Gasteiger partial charge in [-0.1, -0.05) is 18.2 Å². The summed E-state index contributed by atoms with van der Waals surface area (Å²) in [5.41, 5.74) is 2.59. The number of hydrogen-bond donors (Lipinski definition) is 0. The number of para-hydroxylation sites is 1. The first-order chi connectivity index (χ1) is 6.42. The number of rotatable bonds is 2. The third-order valence-electron chi connectivity index (χ3n) is 2.33. The molecule has 0 bridgehead atoms. The molecule has 1 aromatic rings. The van der Waals surface area contributed by atoms with E-state index in [4.69, 9.17) is 11.2 Å². The number of ether oxygens (including phenoxy) is 1. The second-order valence-corrected chi connectivity index (χ2v) is 3.21. The Hall–Kier alpha value is -1.42. The quantitative estimate of drug-likeness (QED) is 0.621. The highest BCUT2D eigenvalue weighted by Crippen LogP contribution is 2.29. The highest BCUT2D eigenvalue weighted by Gasteiger charge is 2.14. The first kappa shape index (κ1) is 8.19. The normalized spacial score (nSPS) is 13.2. The van der Waals surface area contributed by atoms with Gasteiger partial charge in [0.1, 0.15) is 5.75 Å². The monoisotopic (exact) mass is 172 g/mol. The van der Waals surface area contributed by atoms with E-state index in [2.05, 4.69) is 24.1 Å². The van der Waals surface area contributed by atoms with Crippen LogP contribution in [0.15, 0.2) is 18.2 Å². The second kappa shape index (κ2) is 3.53. The van der Waals surface area contributed by atoms with Crippen LogP contribution in [0.25, 0.3) is 0 Å². The van der Waals surface area contributed by atoms with Crippen LogP contribution in [0.3, 0.4) is 0 Å². The molecule has 0 unspecified atom stereocenters. The lowest BCUT2D eigenvalue weighted by Crippen LogP contribution is -1.91. The van der Waals surface area contributed by atoms with E-state index in [-0.39, 0.29) is 0 Å². The molecule has 1 heterocycles. The van der Waals surface area contributed by atoms with E-state index in [1.807, 2.05) is 0 Å². The lowest BCUT2D eigenvalue weighted by Gasteiger charge is -2.05. The predicted octanol–water partition coefficient (Wildman–Crippen LogP) is 2.19. The highest BCUT2D eigenvalue weighted by molar-refractivity contribution is 5.44. The van der Waals surface area contributed by atoms with Gasteiger partial charge in [-0.05, 0) is 17.5 Å². The topological polar surface area (TPSA) is 9.23 Å². The third-order valence-corrected chi connectivity index (χ3v) is 2.33. The van der Waals surface area contributed by atoms with Crippen molar-refractivity contribution in [2.24, 2.45) is 0 Å². The van der Waals surface area contributed by atoms with Gasteiger partial charge in [-0.3, -0.25) is 0 Å². The zero-order valence-corrected chi connectivity index (χ0v) is 7.55. The summed E-state index contributed by atoms with van der Waals surface area (Å²) in [5.74, 6) is 3.73. The van der Waals surface area contributed by atoms with Crippen molar-refractivity contribution < 1.29 is 4.74 Å². The summed E-state index contributed by atoms with van der Waals surface area (Å²) in [6, 6.07) is 6.31. The molecule has 0 saturated heterocycles. The van der Waals surface area contributed by atoms with Gasteiger partial charge >= 0.3 is 0 Å². The first-order valence-corrected chi connectivity index (χ1v) is 4.59. The molecule has 1 nitrogen and oxygen atoms in total. The van der Waals surface area contributed by atoms with Crippen molar-refractivity contribution >= 4 is 0 Å². The molecule has 0 N–H and O–H groups in total. The maximum atomic E-state index is 5.56. The fourth-order valence-electron chi connectivity index (χ4n) is 1.69. The van der Waals surface area contributed by atoms with Crippen LogP contribution >= 0.6 is 0 Å². The zero-order chi connectivity index (χ0) is 9.10. The van der Waals surface area contributed by atoms with Crippen molar-refractivity contribution in [3.63, 3.8) is 0 Å². The molecule has 0 spiro atoms. The van der Waals surface area contributed by atoms with Crippen molar-refractivity contribution in [1.29, 1.82) is 0 Å².